The van der Waals surface area contributed by atoms with Gasteiger partial charge in [0.2, 0.25) is 0 Å². The van der Waals surface area contributed by atoms with Gasteiger partial charge in [0.1, 0.15) is 0 Å². The summed E-state index contributed by atoms with van der Waals surface area (Å²) in [5.74, 6) is 2.01. The van der Waals surface area contributed by atoms with Crippen molar-refractivity contribution in [3.05, 3.63) is 24.3 Å². The number of hydrogen-bond donors (Lipinski definition) is 0. The highest BCUT2D eigenvalue weighted by Crippen LogP contribution is 2.49. The van der Waals surface area contributed by atoms with Crippen molar-refractivity contribution >= 4 is 26.5 Å². The van der Waals surface area contributed by atoms with Crippen LogP contribution in [0.15, 0.2) is 24.3 Å². The molecular formula is C20H32P2. The molecule has 0 radical (unpaired) electrons. The molecule has 122 valence electrons. The summed E-state index contributed by atoms with van der Waals surface area (Å²) in [7, 11) is 0.327. The summed E-state index contributed by atoms with van der Waals surface area (Å²) >= 11 is 0. The molecule has 0 aliphatic carbocycles. The van der Waals surface area contributed by atoms with Gasteiger partial charge in [0.25, 0.3) is 0 Å². The standard InChI is InChI=1S/C20H32P2/c1-3-4-7-18-11-14-21(15-12-18)19-8-5-6-9-20(19)22-13-10-17(2)16-22/h5-6,8-9,17-18H,3-4,7,10-16H2,1-2H3. The van der Waals surface area contributed by atoms with E-state index >= 15 is 0 Å². The normalized spacial score (nSPS) is 32.3. The Morgan fingerprint density at radius 1 is 0.955 bits per heavy atom. The quantitative estimate of drug-likeness (QED) is 0.620. The van der Waals surface area contributed by atoms with Gasteiger partial charge in [-0.2, -0.15) is 0 Å². The van der Waals surface area contributed by atoms with E-state index in [1.54, 1.807) is 5.30 Å². The van der Waals surface area contributed by atoms with Gasteiger partial charge < -0.3 is 0 Å². The molecule has 0 amide bonds. The minimum atomic E-state index is 0.157. The van der Waals surface area contributed by atoms with Crippen LogP contribution in [-0.2, 0) is 0 Å². The van der Waals surface area contributed by atoms with Crippen LogP contribution in [0.25, 0.3) is 0 Å². The Balaban J connectivity index is 1.65. The first-order valence-corrected chi connectivity index (χ1v) is 12.8. The zero-order chi connectivity index (χ0) is 15.4. The highest BCUT2D eigenvalue weighted by Gasteiger charge is 2.28. The molecule has 0 bridgehead atoms. The molecule has 0 N–H and O–H groups in total. The van der Waals surface area contributed by atoms with Crippen molar-refractivity contribution in [2.24, 2.45) is 11.8 Å². The molecule has 2 fully saturated rings. The molecule has 3 rings (SSSR count). The average molecular weight is 334 g/mol. The summed E-state index contributed by atoms with van der Waals surface area (Å²) in [5.41, 5.74) is 0. The number of unbranched alkanes of at least 4 members (excludes halogenated alkanes) is 1. The third-order valence-electron chi connectivity index (χ3n) is 5.57. The van der Waals surface area contributed by atoms with Gasteiger partial charge in [-0.3, -0.25) is 0 Å². The van der Waals surface area contributed by atoms with E-state index in [-0.39, 0.29) is 15.8 Å². The predicted octanol–water partition coefficient (Wildman–Crippen LogP) is 5.54. The zero-order valence-electron chi connectivity index (χ0n) is 14.4. The minimum Gasteiger partial charge on any atom is -0.0746 e. The summed E-state index contributed by atoms with van der Waals surface area (Å²) in [5, 5.41) is 3.62. The van der Waals surface area contributed by atoms with E-state index in [4.69, 9.17) is 0 Å². The van der Waals surface area contributed by atoms with Crippen LogP contribution in [0.1, 0.15) is 52.4 Å². The third kappa shape index (κ3) is 4.13. The minimum absolute atomic E-state index is 0.157. The van der Waals surface area contributed by atoms with Gasteiger partial charge in [-0.25, -0.2) is 0 Å². The van der Waals surface area contributed by atoms with Crippen molar-refractivity contribution < 1.29 is 0 Å². The lowest BCUT2D eigenvalue weighted by Crippen LogP contribution is -2.27. The van der Waals surface area contributed by atoms with E-state index in [1.807, 2.05) is 5.30 Å². The van der Waals surface area contributed by atoms with Crippen LogP contribution in [-0.4, -0.2) is 24.6 Å². The summed E-state index contributed by atoms with van der Waals surface area (Å²) in [4.78, 5) is 0. The Labute approximate surface area is 140 Å². The van der Waals surface area contributed by atoms with Gasteiger partial charge in [0.05, 0.1) is 0 Å². The summed E-state index contributed by atoms with van der Waals surface area (Å²) in [6, 6.07) is 9.59. The van der Waals surface area contributed by atoms with Crippen molar-refractivity contribution in [2.45, 2.75) is 52.4 Å². The van der Waals surface area contributed by atoms with Crippen molar-refractivity contribution in [1.29, 1.82) is 0 Å². The van der Waals surface area contributed by atoms with Gasteiger partial charge in [-0.05, 0) is 66.4 Å². The van der Waals surface area contributed by atoms with Gasteiger partial charge in [-0.1, -0.05) is 73.2 Å². The first-order chi connectivity index (χ1) is 10.8. The first-order valence-electron chi connectivity index (χ1n) is 9.37. The van der Waals surface area contributed by atoms with E-state index in [2.05, 4.69) is 38.1 Å². The second kappa shape index (κ2) is 8.26. The summed E-state index contributed by atoms with van der Waals surface area (Å²) in [6.45, 7) is 4.78. The molecule has 2 heteroatoms. The predicted molar refractivity (Wildman–Crippen MR) is 105 cm³/mol. The Morgan fingerprint density at radius 2 is 1.59 bits per heavy atom. The molecular weight excluding hydrogens is 302 g/mol. The summed E-state index contributed by atoms with van der Waals surface area (Å²) in [6.07, 6.45) is 14.8. The largest absolute Gasteiger partial charge is 0.0746 e. The molecule has 2 atom stereocenters. The average Bonchev–Trinajstić information content (AvgIpc) is 3.00. The smallest absolute Gasteiger partial charge is 0.0164 e. The van der Waals surface area contributed by atoms with Crippen LogP contribution in [0.5, 0.6) is 0 Å². The first kappa shape index (κ1) is 16.9. The molecule has 0 saturated carbocycles. The van der Waals surface area contributed by atoms with E-state index in [9.17, 15) is 0 Å². The van der Waals surface area contributed by atoms with Crippen LogP contribution < -0.4 is 10.6 Å². The second-order valence-electron chi connectivity index (χ2n) is 7.40. The van der Waals surface area contributed by atoms with E-state index < -0.39 is 0 Å². The lowest BCUT2D eigenvalue weighted by Gasteiger charge is -2.31. The van der Waals surface area contributed by atoms with Crippen LogP contribution in [0.2, 0.25) is 0 Å². The van der Waals surface area contributed by atoms with Gasteiger partial charge in [0.15, 0.2) is 0 Å². The molecule has 2 unspecified atom stereocenters. The third-order valence-corrected chi connectivity index (χ3v) is 11.3. The Morgan fingerprint density at radius 3 is 2.18 bits per heavy atom. The van der Waals surface area contributed by atoms with E-state index in [0.29, 0.717) is 0 Å². The molecule has 0 aromatic heterocycles. The van der Waals surface area contributed by atoms with Crippen molar-refractivity contribution in [3.8, 4) is 0 Å². The second-order valence-corrected chi connectivity index (χ2v) is 12.2. The van der Waals surface area contributed by atoms with E-state index in [1.165, 1.54) is 63.2 Å². The number of hydrogen-bond acceptors (Lipinski definition) is 0. The van der Waals surface area contributed by atoms with Crippen molar-refractivity contribution in [2.75, 3.05) is 24.6 Å². The Hall–Kier alpha value is 0.0800. The lowest BCUT2D eigenvalue weighted by atomic mass is 9.96. The zero-order valence-corrected chi connectivity index (χ0v) is 16.2. The molecule has 1 aromatic rings. The van der Waals surface area contributed by atoms with Crippen molar-refractivity contribution in [1.82, 2.24) is 0 Å². The Kier molecular flexibility index (Phi) is 6.35. The molecule has 0 spiro atoms. The SMILES string of the molecule is CCCCC1CCP(c2ccccc2P2CCC(C)C2)CC1. The monoisotopic (exact) mass is 334 g/mol. The van der Waals surface area contributed by atoms with Crippen LogP contribution in [0.3, 0.4) is 0 Å². The number of rotatable bonds is 5. The fourth-order valence-electron chi connectivity index (χ4n) is 4.11. The molecule has 2 heterocycles. The van der Waals surface area contributed by atoms with Crippen LogP contribution in [0, 0.1) is 11.8 Å². The molecule has 2 saturated heterocycles. The maximum atomic E-state index is 2.50. The van der Waals surface area contributed by atoms with E-state index in [0.717, 1.165) is 11.8 Å². The number of benzene rings is 1. The van der Waals surface area contributed by atoms with Gasteiger partial charge >= 0.3 is 0 Å². The fraction of sp³-hybridized carbons (Fsp3) is 0.700. The maximum absolute atomic E-state index is 2.50. The molecule has 22 heavy (non-hydrogen) atoms. The maximum Gasteiger partial charge on any atom is -0.0164 e. The van der Waals surface area contributed by atoms with Crippen LogP contribution in [0.4, 0.5) is 0 Å². The lowest BCUT2D eigenvalue weighted by molar-refractivity contribution is 0.433. The molecule has 1 aromatic carbocycles. The Bertz CT molecular complexity index is 463. The van der Waals surface area contributed by atoms with Crippen molar-refractivity contribution in [3.63, 3.8) is 0 Å². The fourth-order valence-corrected chi connectivity index (χ4v) is 10.7. The van der Waals surface area contributed by atoms with Crippen LogP contribution >= 0.6 is 15.8 Å². The summed E-state index contributed by atoms with van der Waals surface area (Å²) < 4.78 is 0. The molecule has 2 aliphatic rings. The van der Waals surface area contributed by atoms with Gasteiger partial charge in [0, 0.05) is 0 Å². The highest BCUT2D eigenvalue weighted by molar-refractivity contribution is 7.72. The topological polar surface area (TPSA) is 0 Å². The molecule has 0 nitrogen and oxygen atoms in total. The molecule has 2 aliphatic heterocycles. The van der Waals surface area contributed by atoms with Gasteiger partial charge in [-0.15, -0.1) is 0 Å². The highest BCUT2D eigenvalue weighted by atomic mass is 31.1.